The van der Waals surface area contributed by atoms with E-state index >= 15 is 0 Å². The highest BCUT2D eigenvalue weighted by Gasteiger charge is 2.10. The maximum Gasteiger partial charge on any atom is 0.308 e. The molecule has 4 nitrogen and oxygen atoms in total. The summed E-state index contributed by atoms with van der Waals surface area (Å²) in [6.45, 7) is 10.8. The van der Waals surface area contributed by atoms with Crippen molar-refractivity contribution in [2.24, 2.45) is 5.92 Å². The van der Waals surface area contributed by atoms with Gasteiger partial charge in [-0.05, 0) is 18.9 Å². The van der Waals surface area contributed by atoms with Crippen LogP contribution in [0, 0.1) is 5.92 Å². The number of hydrogen-bond acceptors (Lipinski definition) is 3. The smallest absolute Gasteiger partial charge is 0.308 e. The standard InChI is InChI=1S/C13H23NO3/c1-5-8-14(12(15)6-2)9-7-10-17-13(16)11(3)4/h6,11H,2,5,7-10H2,1,3-4H3. The third kappa shape index (κ3) is 6.76. The second-order valence-corrected chi connectivity index (χ2v) is 4.21. The van der Waals surface area contributed by atoms with Gasteiger partial charge in [0.05, 0.1) is 12.5 Å². The van der Waals surface area contributed by atoms with E-state index in [1.807, 2.05) is 6.92 Å². The molecule has 0 aliphatic carbocycles. The first kappa shape index (κ1) is 15.7. The Balaban J connectivity index is 3.86. The summed E-state index contributed by atoms with van der Waals surface area (Å²) in [5.41, 5.74) is 0. The Kier molecular flexibility index (Phi) is 8.11. The number of ether oxygens (including phenoxy) is 1. The topological polar surface area (TPSA) is 46.6 Å². The Labute approximate surface area is 104 Å². The summed E-state index contributed by atoms with van der Waals surface area (Å²) in [4.78, 5) is 24.3. The van der Waals surface area contributed by atoms with Crippen molar-refractivity contribution < 1.29 is 14.3 Å². The first-order valence-electron chi connectivity index (χ1n) is 6.10. The fourth-order valence-electron chi connectivity index (χ4n) is 1.33. The lowest BCUT2D eigenvalue weighted by Gasteiger charge is -2.20. The van der Waals surface area contributed by atoms with E-state index in [-0.39, 0.29) is 17.8 Å². The molecule has 0 atom stereocenters. The van der Waals surface area contributed by atoms with Gasteiger partial charge in [0.15, 0.2) is 0 Å². The minimum atomic E-state index is -0.193. The average molecular weight is 241 g/mol. The molecule has 0 bridgehead atoms. The van der Waals surface area contributed by atoms with Gasteiger partial charge in [0.2, 0.25) is 5.91 Å². The van der Waals surface area contributed by atoms with Gasteiger partial charge in [0, 0.05) is 13.1 Å². The molecule has 1 amide bonds. The molecule has 17 heavy (non-hydrogen) atoms. The van der Waals surface area contributed by atoms with Crippen LogP contribution in [-0.2, 0) is 14.3 Å². The van der Waals surface area contributed by atoms with Crippen molar-refractivity contribution in [1.82, 2.24) is 4.90 Å². The number of amides is 1. The molecule has 0 heterocycles. The zero-order chi connectivity index (χ0) is 13.3. The molecule has 0 aliphatic heterocycles. The maximum absolute atomic E-state index is 11.4. The molecule has 98 valence electrons. The van der Waals surface area contributed by atoms with Crippen molar-refractivity contribution in [2.75, 3.05) is 19.7 Å². The molecule has 0 radical (unpaired) electrons. The van der Waals surface area contributed by atoms with Gasteiger partial charge in [-0.15, -0.1) is 0 Å². The monoisotopic (exact) mass is 241 g/mol. The van der Waals surface area contributed by atoms with Crippen molar-refractivity contribution in [2.45, 2.75) is 33.6 Å². The summed E-state index contributed by atoms with van der Waals surface area (Å²) in [6, 6.07) is 0. The molecular weight excluding hydrogens is 218 g/mol. The molecule has 0 fully saturated rings. The molecular formula is C13H23NO3. The highest BCUT2D eigenvalue weighted by molar-refractivity contribution is 5.86. The summed E-state index contributed by atoms with van der Waals surface area (Å²) in [5, 5.41) is 0. The van der Waals surface area contributed by atoms with Crippen LogP contribution in [0.5, 0.6) is 0 Å². The van der Waals surface area contributed by atoms with Crippen LogP contribution >= 0.6 is 0 Å². The molecule has 0 unspecified atom stereocenters. The van der Waals surface area contributed by atoms with Gasteiger partial charge < -0.3 is 9.64 Å². The lowest BCUT2D eigenvalue weighted by Crippen LogP contribution is -2.32. The van der Waals surface area contributed by atoms with Crippen LogP contribution in [0.3, 0.4) is 0 Å². The Morgan fingerprint density at radius 1 is 1.35 bits per heavy atom. The zero-order valence-electron chi connectivity index (χ0n) is 11.1. The Morgan fingerprint density at radius 2 is 2.00 bits per heavy atom. The SMILES string of the molecule is C=CC(=O)N(CCC)CCCOC(=O)C(C)C. The Morgan fingerprint density at radius 3 is 2.47 bits per heavy atom. The van der Waals surface area contributed by atoms with Crippen LogP contribution in [0.15, 0.2) is 12.7 Å². The fourth-order valence-corrected chi connectivity index (χ4v) is 1.33. The molecule has 0 spiro atoms. The maximum atomic E-state index is 11.4. The Bertz CT molecular complexity index is 261. The highest BCUT2D eigenvalue weighted by atomic mass is 16.5. The van der Waals surface area contributed by atoms with E-state index in [0.29, 0.717) is 26.1 Å². The van der Waals surface area contributed by atoms with Gasteiger partial charge in [-0.25, -0.2) is 0 Å². The predicted molar refractivity (Wildman–Crippen MR) is 67.5 cm³/mol. The first-order valence-corrected chi connectivity index (χ1v) is 6.10. The molecule has 0 aliphatic rings. The minimum absolute atomic E-state index is 0.0676. The van der Waals surface area contributed by atoms with Gasteiger partial charge in [-0.1, -0.05) is 27.4 Å². The summed E-state index contributed by atoms with van der Waals surface area (Å²) < 4.78 is 5.04. The molecule has 0 saturated carbocycles. The number of hydrogen-bond donors (Lipinski definition) is 0. The van der Waals surface area contributed by atoms with Crippen molar-refractivity contribution >= 4 is 11.9 Å². The van der Waals surface area contributed by atoms with E-state index in [2.05, 4.69) is 6.58 Å². The third-order valence-electron chi connectivity index (χ3n) is 2.27. The summed E-state index contributed by atoms with van der Waals surface area (Å²) in [7, 11) is 0. The second kappa shape index (κ2) is 8.79. The summed E-state index contributed by atoms with van der Waals surface area (Å²) in [6.07, 6.45) is 2.89. The van der Waals surface area contributed by atoms with Gasteiger partial charge in [0.25, 0.3) is 0 Å². The second-order valence-electron chi connectivity index (χ2n) is 4.21. The van der Waals surface area contributed by atoms with E-state index in [1.54, 1.807) is 18.7 Å². The van der Waals surface area contributed by atoms with E-state index in [0.717, 1.165) is 6.42 Å². The van der Waals surface area contributed by atoms with Crippen LogP contribution < -0.4 is 0 Å². The van der Waals surface area contributed by atoms with Crippen molar-refractivity contribution in [1.29, 1.82) is 0 Å². The molecule has 0 aromatic rings. The van der Waals surface area contributed by atoms with Crippen LogP contribution in [-0.4, -0.2) is 36.5 Å². The highest BCUT2D eigenvalue weighted by Crippen LogP contribution is 1.99. The van der Waals surface area contributed by atoms with E-state index in [4.69, 9.17) is 4.74 Å². The van der Waals surface area contributed by atoms with Crippen LogP contribution in [0.1, 0.15) is 33.6 Å². The van der Waals surface area contributed by atoms with Crippen molar-refractivity contribution in [3.05, 3.63) is 12.7 Å². The number of carbonyl (C=O) groups excluding carboxylic acids is 2. The van der Waals surface area contributed by atoms with E-state index in [1.165, 1.54) is 6.08 Å². The number of nitrogens with zero attached hydrogens (tertiary/aromatic N) is 1. The average Bonchev–Trinajstić information content (AvgIpc) is 2.31. The van der Waals surface area contributed by atoms with Gasteiger partial charge >= 0.3 is 5.97 Å². The number of esters is 1. The first-order chi connectivity index (χ1) is 8.02. The fraction of sp³-hybridized carbons (Fsp3) is 0.692. The molecule has 0 N–H and O–H groups in total. The number of rotatable bonds is 8. The molecule has 4 heteroatoms. The predicted octanol–water partition coefficient (Wildman–Crippen LogP) is 2.00. The minimum Gasteiger partial charge on any atom is -0.465 e. The lowest BCUT2D eigenvalue weighted by molar-refractivity contribution is -0.147. The Hall–Kier alpha value is -1.32. The third-order valence-corrected chi connectivity index (χ3v) is 2.27. The van der Waals surface area contributed by atoms with E-state index in [9.17, 15) is 9.59 Å². The molecule has 0 aromatic heterocycles. The van der Waals surface area contributed by atoms with Gasteiger partial charge in [-0.2, -0.15) is 0 Å². The quantitative estimate of drug-likeness (QED) is 0.371. The van der Waals surface area contributed by atoms with Gasteiger partial charge in [-0.3, -0.25) is 9.59 Å². The summed E-state index contributed by atoms with van der Waals surface area (Å²) in [5.74, 6) is -0.360. The van der Waals surface area contributed by atoms with Crippen LogP contribution in [0.2, 0.25) is 0 Å². The van der Waals surface area contributed by atoms with Gasteiger partial charge in [0.1, 0.15) is 0 Å². The normalized spacial score (nSPS) is 10.1. The lowest BCUT2D eigenvalue weighted by atomic mass is 10.2. The zero-order valence-corrected chi connectivity index (χ0v) is 11.1. The largest absolute Gasteiger partial charge is 0.465 e. The number of carbonyl (C=O) groups is 2. The van der Waals surface area contributed by atoms with Crippen LogP contribution in [0.25, 0.3) is 0 Å². The van der Waals surface area contributed by atoms with Crippen LogP contribution in [0.4, 0.5) is 0 Å². The van der Waals surface area contributed by atoms with Crippen molar-refractivity contribution in [3.63, 3.8) is 0 Å². The molecule has 0 rings (SSSR count). The molecule has 0 saturated heterocycles. The van der Waals surface area contributed by atoms with E-state index < -0.39 is 0 Å². The summed E-state index contributed by atoms with van der Waals surface area (Å²) >= 11 is 0. The molecule has 0 aromatic carbocycles. The van der Waals surface area contributed by atoms with Crippen molar-refractivity contribution in [3.8, 4) is 0 Å².